The number of aromatic amines is 1. The quantitative estimate of drug-likeness (QED) is 0.440. The van der Waals surface area contributed by atoms with Gasteiger partial charge in [0.15, 0.2) is 0 Å². The predicted octanol–water partition coefficient (Wildman–Crippen LogP) is 4.79. The summed E-state index contributed by atoms with van der Waals surface area (Å²) in [5.74, 6) is -3.38. The van der Waals surface area contributed by atoms with E-state index >= 15 is 0 Å². The molecule has 6 nitrogen and oxygen atoms in total. The van der Waals surface area contributed by atoms with Crippen molar-refractivity contribution in [3.8, 4) is 11.3 Å². The van der Waals surface area contributed by atoms with E-state index < -0.39 is 28.9 Å². The molecule has 0 unspecified atom stereocenters. The van der Waals surface area contributed by atoms with E-state index in [-0.39, 0.29) is 22.2 Å². The van der Waals surface area contributed by atoms with Crippen molar-refractivity contribution in [1.82, 2.24) is 20.0 Å². The van der Waals surface area contributed by atoms with Crippen molar-refractivity contribution >= 4 is 33.4 Å². The van der Waals surface area contributed by atoms with E-state index in [4.69, 9.17) is 0 Å². The molecule has 1 amide bonds. The monoisotopic (exact) mass is 421 g/mol. The highest BCUT2D eigenvalue weighted by Crippen LogP contribution is 2.31. The minimum Gasteiger partial charge on any atom is -0.322 e. The Balaban J connectivity index is 1.54. The molecule has 0 saturated carbocycles. The lowest BCUT2D eigenvalue weighted by atomic mass is 10.1. The van der Waals surface area contributed by atoms with Gasteiger partial charge in [-0.05, 0) is 30.3 Å². The van der Waals surface area contributed by atoms with Crippen molar-refractivity contribution in [2.45, 2.75) is 0 Å². The van der Waals surface area contributed by atoms with E-state index in [2.05, 4.69) is 20.6 Å². The van der Waals surface area contributed by atoms with Crippen molar-refractivity contribution < 1.29 is 18.0 Å². The SMILES string of the molecule is Cn1ncc2c(F)c(C(=O)Nc3ccc4[nH]nc(-c5ccccc5F)c4c3)c(F)cc21. The number of rotatable bonds is 3. The van der Waals surface area contributed by atoms with Gasteiger partial charge in [0.1, 0.15) is 28.7 Å². The zero-order valence-corrected chi connectivity index (χ0v) is 16.1. The van der Waals surface area contributed by atoms with Crippen LogP contribution in [0.5, 0.6) is 0 Å². The van der Waals surface area contributed by atoms with Gasteiger partial charge in [0, 0.05) is 29.8 Å². The number of amides is 1. The second-order valence-corrected chi connectivity index (χ2v) is 7.01. The third-order valence-corrected chi connectivity index (χ3v) is 5.12. The standard InChI is InChI=1S/C22H14F3N5O/c1-30-18-9-16(24)19(20(25)14(18)10-26-30)22(31)27-11-6-7-17-13(8-11)21(29-28-17)12-4-2-3-5-15(12)23/h2-10H,1H3,(H,27,31)(H,28,29). The number of hydrogen-bond donors (Lipinski definition) is 2. The van der Waals surface area contributed by atoms with E-state index in [0.29, 0.717) is 16.6 Å². The number of benzene rings is 3. The first-order valence-electron chi connectivity index (χ1n) is 9.28. The van der Waals surface area contributed by atoms with Crippen molar-refractivity contribution in [1.29, 1.82) is 0 Å². The Morgan fingerprint density at radius 3 is 2.65 bits per heavy atom. The van der Waals surface area contributed by atoms with Crippen LogP contribution in [-0.2, 0) is 7.05 Å². The van der Waals surface area contributed by atoms with Crippen LogP contribution in [0.15, 0.2) is 54.7 Å². The number of aromatic nitrogens is 4. The molecule has 31 heavy (non-hydrogen) atoms. The molecule has 2 aromatic heterocycles. The number of nitrogens with zero attached hydrogens (tertiary/aromatic N) is 3. The maximum Gasteiger partial charge on any atom is 0.261 e. The Morgan fingerprint density at radius 2 is 1.84 bits per heavy atom. The van der Waals surface area contributed by atoms with E-state index in [9.17, 15) is 18.0 Å². The van der Waals surface area contributed by atoms with E-state index in [1.165, 1.54) is 16.9 Å². The Bertz CT molecular complexity index is 1490. The van der Waals surface area contributed by atoms with Crippen LogP contribution in [0.2, 0.25) is 0 Å². The lowest BCUT2D eigenvalue weighted by Gasteiger charge is -2.09. The molecule has 0 saturated heterocycles. The highest BCUT2D eigenvalue weighted by Gasteiger charge is 2.22. The second kappa shape index (κ2) is 6.98. The fraction of sp³-hybridized carbons (Fsp3) is 0.0455. The lowest BCUT2D eigenvalue weighted by Crippen LogP contribution is -2.16. The number of nitrogens with one attached hydrogen (secondary N) is 2. The average Bonchev–Trinajstić information content (AvgIpc) is 3.32. The summed E-state index contributed by atoms with van der Waals surface area (Å²) < 4.78 is 44.9. The molecule has 0 aliphatic carbocycles. The summed E-state index contributed by atoms with van der Waals surface area (Å²) in [6, 6.07) is 12.0. The highest BCUT2D eigenvalue weighted by molar-refractivity contribution is 6.08. The number of halogens is 3. The van der Waals surface area contributed by atoms with Crippen molar-refractivity contribution in [2.75, 3.05) is 5.32 Å². The Hall–Kier alpha value is -4.14. The maximum atomic E-state index is 14.8. The van der Waals surface area contributed by atoms with Gasteiger partial charge in [-0.15, -0.1) is 0 Å². The van der Waals surface area contributed by atoms with Crippen LogP contribution < -0.4 is 5.32 Å². The molecular formula is C22H14F3N5O. The summed E-state index contributed by atoms with van der Waals surface area (Å²) in [5, 5.41) is 14.0. The number of anilines is 1. The van der Waals surface area contributed by atoms with Crippen LogP contribution >= 0.6 is 0 Å². The largest absolute Gasteiger partial charge is 0.322 e. The summed E-state index contributed by atoms with van der Waals surface area (Å²) in [6.45, 7) is 0. The molecular weight excluding hydrogens is 407 g/mol. The summed E-state index contributed by atoms with van der Waals surface area (Å²) in [7, 11) is 1.55. The maximum absolute atomic E-state index is 14.8. The number of fused-ring (bicyclic) bond motifs is 2. The topological polar surface area (TPSA) is 75.6 Å². The van der Waals surface area contributed by atoms with Gasteiger partial charge in [0.2, 0.25) is 0 Å². The molecule has 154 valence electrons. The highest BCUT2D eigenvalue weighted by atomic mass is 19.1. The molecule has 3 aromatic carbocycles. The number of aryl methyl sites for hydroxylation is 1. The first-order valence-corrected chi connectivity index (χ1v) is 9.28. The molecule has 0 atom stereocenters. The van der Waals surface area contributed by atoms with Crippen LogP contribution in [-0.4, -0.2) is 25.9 Å². The normalized spacial score (nSPS) is 11.4. The fourth-order valence-corrected chi connectivity index (χ4v) is 3.57. The molecule has 5 rings (SSSR count). The average molecular weight is 421 g/mol. The van der Waals surface area contributed by atoms with Gasteiger partial charge in [-0.25, -0.2) is 13.2 Å². The zero-order valence-electron chi connectivity index (χ0n) is 16.1. The van der Waals surface area contributed by atoms with Gasteiger partial charge in [-0.2, -0.15) is 10.2 Å². The van der Waals surface area contributed by atoms with Gasteiger partial charge < -0.3 is 5.32 Å². The van der Waals surface area contributed by atoms with Gasteiger partial charge in [-0.1, -0.05) is 12.1 Å². The summed E-state index contributed by atoms with van der Waals surface area (Å²) in [4.78, 5) is 12.7. The summed E-state index contributed by atoms with van der Waals surface area (Å²) >= 11 is 0. The van der Waals surface area contributed by atoms with Crippen LogP contribution in [0.1, 0.15) is 10.4 Å². The first-order chi connectivity index (χ1) is 14.9. The van der Waals surface area contributed by atoms with E-state index in [0.717, 1.165) is 6.07 Å². The van der Waals surface area contributed by atoms with Gasteiger partial charge in [0.05, 0.1) is 22.6 Å². The first kappa shape index (κ1) is 18.9. The van der Waals surface area contributed by atoms with Crippen molar-refractivity contribution in [3.05, 3.63) is 77.7 Å². The summed E-state index contributed by atoms with van der Waals surface area (Å²) in [5.41, 5.74) is 1.07. The Kier molecular flexibility index (Phi) is 4.25. The lowest BCUT2D eigenvalue weighted by molar-refractivity contribution is 0.101. The van der Waals surface area contributed by atoms with Crippen LogP contribution in [0.25, 0.3) is 33.1 Å². The molecule has 0 fully saturated rings. The minimum absolute atomic E-state index is 0.0428. The molecule has 0 radical (unpaired) electrons. The van der Waals surface area contributed by atoms with Crippen LogP contribution in [0.4, 0.5) is 18.9 Å². The zero-order chi connectivity index (χ0) is 21.7. The third-order valence-electron chi connectivity index (χ3n) is 5.12. The van der Waals surface area contributed by atoms with E-state index in [1.807, 2.05) is 0 Å². The van der Waals surface area contributed by atoms with Gasteiger partial charge in [0.25, 0.3) is 5.91 Å². The van der Waals surface area contributed by atoms with Crippen LogP contribution in [0.3, 0.4) is 0 Å². The van der Waals surface area contributed by atoms with Gasteiger partial charge >= 0.3 is 0 Å². The van der Waals surface area contributed by atoms with E-state index in [1.54, 1.807) is 43.4 Å². The number of H-pyrrole nitrogens is 1. The number of carbonyl (C=O) groups excluding carboxylic acids is 1. The number of carbonyl (C=O) groups is 1. The molecule has 0 aliphatic heterocycles. The van der Waals surface area contributed by atoms with Crippen molar-refractivity contribution in [3.63, 3.8) is 0 Å². The second-order valence-electron chi connectivity index (χ2n) is 7.01. The fourth-order valence-electron chi connectivity index (χ4n) is 3.57. The predicted molar refractivity (Wildman–Crippen MR) is 110 cm³/mol. The van der Waals surface area contributed by atoms with Crippen LogP contribution in [0, 0.1) is 17.5 Å². The van der Waals surface area contributed by atoms with Crippen molar-refractivity contribution in [2.24, 2.45) is 7.05 Å². The number of hydrogen-bond acceptors (Lipinski definition) is 3. The molecule has 0 aliphatic rings. The minimum atomic E-state index is -0.998. The molecule has 9 heteroatoms. The molecule has 2 N–H and O–H groups in total. The summed E-state index contributed by atoms with van der Waals surface area (Å²) in [6.07, 6.45) is 1.24. The third kappa shape index (κ3) is 3.02. The molecule has 0 spiro atoms. The Labute approximate surface area is 173 Å². The molecule has 0 bridgehead atoms. The Morgan fingerprint density at radius 1 is 1.03 bits per heavy atom. The molecule has 5 aromatic rings. The molecule has 2 heterocycles. The van der Waals surface area contributed by atoms with Gasteiger partial charge in [-0.3, -0.25) is 14.6 Å². The smallest absolute Gasteiger partial charge is 0.261 e.